The van der Waals surface area contributed by atoms with E-state index < -0.39 is 0 Å². The molecule has 1 aliphatic rings. The van der Waals surface area contributed by atoms with Gasteiger partial charge in [-0.3, -0.25) is 9.69 Å². The molecule has 3 nitrogen and oxygen atoms in total. The minimum atomic E-state index is 0.0710. The maximum absolute atomic E-state index is 12.1. The van der Waals surface area contributed by atoms with Crippen LogP contribution in [0.3, 0.4) is 0 Å². The lowest BCUT2D eigenvalue weighted by Crippen LogP contribution is -2.40. The monoisotopic (exact) mass is 308 g/mol. The molecule has 116 valence electrons. The Morgan fingerprint density at radius 2 is 1.90 bits per heavy atom. The van der Waals surface area contributed by atoms with Crippen molar-refractivity contribution < 1.29 is 4.79 Å². The number of benzene rings is 1. The van der Waals surface area contributed by atoms with Crippen molar-refractivity contribution in [3.05, 3.63) is 34.9 Å². The Kier molecular flexibility index (Phi) is 6.52. The van der Waals surface area contributed by atoms with E-state index in [0.29, 0.717) is 24.2 Å². The maximum Gasteiger partial charge on any atom is 0.234 e. The first-order chi connectivity index (χ1) is 10.2. The topological polar surface area (TPSA) is 32.3 Å². The van der Waals surface area contributed by atoms with E-state index in [1.165, 1.54) is 38.5 Å². The summed E-state index contributed by atoms with van der Waals surface area (Å²) in [5.41, 5.74) is 0.963. The van der Waals surface area contributed by atoms with Crippen LogP contribution in [0.5, 0.6) is 0 Å². The van der Waals surface area contributed by atoms with Crippen LogP contribution in [0.25, 0.3) is 0 Å². The Morgan fingerprint density at radius 1 is 1.24 bits per heavy atom. The van der Waals surface area contributed by atoms with E-state index in [0.717, 1.165) is 5.56 Å². The molecule has 0 aliphatic heterocycles. The fraction of sp³-hybridized carbons (Fsp3) is 0.588. The molecular formula is C17H25ClN2O. The van der Waals surface area contributed by atoms with Gasteiger partial charge in [0.2, 0.25) is 5.91 Å². The summed E-state index contributed by atoms with van der Waals surface area (Å²) in [6, 6.07) is 8.18. The molecule has 0 bridgehead atoms. The summed E-state index contributed by atoms with van der Waals surface area (Å²) in [4.78, 5) is 14.3. The summed E-state index contributed by atoms with van der Waals surface area (Å²) in [6.07, 6.45) is 7.68. The van der Waals surface area contributed by atoms with Crippen LogP contribution in [-0.4, -0.2) is 30.4 Å². The van der Waals surface area contributed by atoms with Crippen molar-refractivity contribution in [1.82, 2.24) is 10.2 Å². The second-order valence-corrected chi connectivity index (χ2v) is 6.34. The molecule has 0 saturated heterocycles. The predicted molar refractivity (Wildman–Crippen MR) is 87.4 cm³/mol. The highest BCUT2D eigenvalue weighted by molar-refractivity contribution is 6.31. The van der Waals surface area contributed by atoms with Crippen LogP contribution in [0, 0.1) is 0 Å². The lowest BCUT2D eigenvalue weighted by Gasteiger charge is -2.26. The van der Waals surface area contributed by atoms with Crippen LogP contribution in [0.2, 0.25) is 5.02 Å². The zero-order valence-corrected chi connectivity index (χ0v) is 13.5. The Bertz CT molecular complexity index is 456. The molecule has 0 spiro atoms. The van der Waals surface area contributed by atoms with Gasteiger partial charge >= 0.3 is 0 Å². The van der Waals surface area contributed by atoms with Gasteiger partial charge in [0.1, 0.15) is 0 Å². The molecular weight excluding hydrogens is 284 g/mol. The van der Waals surface area contributed by atoms with E-state index in [2.05, 4.69) is 17.3 Å². The average Bonchev–Trinajstić information content (AvgIpc) is 2.75. The SMILES string of the molecule is CN(CC(=O)NCc1ccccc1Cl)C1CCCCCC1. The van der Waals surface area contributed by atoms with Gasteiger partial charge in [0, 0.05) is 17.6 Å². The van der Waals surface area contributed by atoms with Gasteiger partial charge in [0.05, 0.1) is 6.54 Å². The van der Waals surface area contributed by atoms with E-state index in [4.69, 9.17) is 11.6 Å². The Hall–Kier alpha value is -1.06. The van der Waals surface area contributed by atoms with Crippen LogP contribution >= 0.6 is 11.6 Å². The summed E-state index contributed by atoms with van der Waals surface area (Å²) >= 11 is 6.09. The van der Waals surface area contributed by atoms with E-state index in [1.54, 1.807) is 0 Å². The van der Waals surface area contributed by atoms with Crippen molar-refractivity contribution in [3.63, 3.8) is 0 Å². The zero-order valence-electron chi connectivity index (χ0n) is 12.8. The molecule has 1 aromatic carbocycles. The molecule has 1 aromatic rings. The lowest BCUT2D eigenvalue weighted by atomic mass is 10.1. The van der Waals surface area contributed by atoms with Gasteiger partial charge in [-0.25, -0.2) is 0 Å². The summed E-state index contributed by atoms with van der Waals surface area (Å²) in [5, 5.41) is 3.66. The van der Waals surface area contributed by atoms with Crippen molar-refractivity contribution in [2.24, 2.45) is 0 Å². The first-order valence-corrected chi connectivity index (χ1v) is 8.25. The number of amides is 1. The Morgan fingerprint density at radius 3 is 2.57 bits per heavy atom. The van der Waals surface area contributed by atoms with Crippen molar-refractivity contribution >= 4 is 17.5 Å². The molecule has 4 heteroatoms. The number of nitrogens with zero attached hydrogens (tertiary/aromatic N) is 1. The van der Waals surface area contributed by atoms with E-state index in [-0.39, 0.29) is 5.91 Å². The summed E-state index contributed by atoms with van der Waals surface area (Å²) in [6.45, 7) is 0.964. The Balaban J connectivity index is 1.77. The van der Waals surface area contributed by atoms with Gasteiger partial charge in [-0.15, -0.1) is 0 Å². The summed E-state index contributed by atoms with van der Waals surface area (Å²) < 4.78 is 0. The minimum Gasteiger partial charge on any atom is -0.351 e. The molecule has 0 unspecified atom stereocenters. The van der Waals surface area contributed by atoms with Gasteiger partial charge in [-0.2, -0.15) is 0 Å². The zero-order chi connectivity index (χ0) is 15.1. The van der Waals surface area contributed by atoms with E-state index >= 15 is 0 Å². The number of carbonyl (C=O) groups excluding carboxylic acids is 1. The van der Waals surface area contributed by atoms with Crippen LogP contribution in [0.4, 0.5) is 0 Å². The maximum atomic E-state index is 12.1. The molecule has 1 saturated carbocycles. The second kappa shape index (κ2) is 8.40. The van der Waals surface area contributed by atoms with Crippen LogP contribution in [0.1, 0.15) is 44.1 Å². The first-order valence-electron chi connectivity index (χ1n) is 7.87. The number of hydrogen-bond acceptors (Lipinski definition) is 2. The van der Waals surface area contributed by atoms with E-state index in [1.807, 2.05) is 24.3 Å². The quantitative estimate of drug-likeness (QED) is 0.843. The van der Waals surface area contributed by atoms with E-state index in [9.17, 15) is 4.79 Å². The van der Waals surface area contributed by atoms with Gasteiger partial charge in [-0.05, 0) is 31.5 Å². The van der Waals surface area contributed by atoms with Gasteiger partial charge in [0.25, 0.3) is 0 Å². The molecule has 1 fully saturated rings. The van der Waals surface area contributed by atoms with Crippen molar-refractivity contribution in [2.75, 3.05) is 13.6 Å². The molecule has 1 N–H and O–H groups in total. The third-order valence-corrected chi connectivity index (χ3v) is 4.64. The molecule has 0 atom stereocenters. The van der Waals surface area contributed by atoms with Crippen LogP contribution in [0.15, 0.2) is 24.3 Å². The third-order valence-electron chi connectivity index (χ3n) is 4.27. The normalized spacial score (nSPS) is 16.7. The smallest absolute Gasteiger partial charge is 0.234 e. The molecule has 1 aliphatic carbocycles. The number of nitrogens with one attached hydrogen (secondary N) is 1. The molecule has 0 aromatic heterocycles. The van der Waals surface area contributed by atoms with Gasteiger partial charge in [-0.1, -0.05) is 55.5 Å². The van der Waals surface area contributed by atoms with Crippen LogP contribution in [-0.2, 0) is 11.3 Å². The number of halogens is 1. The summed E-state index contributed by atoms with van der Waals surface area (Å²) in [7, 11) is 2.06. The third kappa shape index (κ3) is 5.33. The molecule has 0 heterocycles. The number of likely N-dealkylation sites (N-methyl/N-ethyl adjacent to an activating group) is 1. The highest BCUT2D eigenvalue weighted by Gasteiger charge is 2.18. The fourth-order valence-electron chi connectivity index (χ4n) is 2.95. The highest BCUT2D eigenvalue weighted by Crippen LogP contribution is 2.20. The second-order valence-electron chi connectivity index (χ2n) is 5.93. The number of rotatable bonds is 5. The standard InChI is InChI=1S/C17H25ClN2O/c1-20(15-9-4-2-3-5-10-15)13-17(21)19-12-14-8-6-7-11-16(14)18/h6-8,11,15H,2-5,9-10,12-13H2,1H3,(H,19,21). The lowest BCUT2D eigenvalue weighted by molar-refractivity contribution is -0.122. The minimum absolute atomic E-state index is 0.0710. The molecule has 2 rings (SSSR count). The first kappa shape index (κ1) is 16.3. The molecule has 1 amide bonds. The predicted octanol–water partition coefficient (Wildman–Crippen LogP) is 3.61. The van der Waals surface area contributed by atoms with Crippen molar-refractivity contribution in [3.8, 4) is 0 Å². The highest BCUT2D eigenvalue weighted by atomic mass is 35.5. The average molecular weight is 309 g/mol. The number of carbonyl (C=O) groups is 1. The summed E-state index contributed by atoms with van der Waals surface area (Å²) in [5.74, 6) is 0.0710. The molecule has 21 heavy (non-hydrogen) atoms. The Labute approximate surface area is 132 Å². The molecule has 0 radical (unpaired) electrons. The largest absolute Gasteiger partial charge is 0.351 e. The van der Waals surface area contributed by atoms with Crippen molar-refractivity contribution in [1.29, 1.82) is 0 Å². The van der Waals surface area contributed by atoms with Crippen LogP contribution < -0.4 is 5.32 Å². The van der Waals surface area contributed by atoms with Gasteiger partial charge in [0.15, 0.2) is 0 Å². The van der Waals surface area contributed by atoms with Gasteiger partial charge < -0.3 is 5.32 Å². The number of hydrogen-bond donors (Lipinski definition) is 1. The van der Waals surface area contributed by atoms with Crippen molar-refractivity contribution in [2.45, 2.75) is 51.1 Å². The fourth-order valence-corrected chi connectivity index (χ4v) is 3.15.